The molecule has 1 saturated carbocycles. The summed E-state index contributed by atoms with van der Waals surface area (Å²) in [6.45, 7) is 16.6. The van der Waals surface area contributed by atoms with E-state index in [2.05, 4.69) is 30.6 Å². The molecule has 2 rings (SSSR count). The summed E-state index contributed by atoms with van der Waals surface area (Å²) in [5.74, 6) is -2.34. The minimum absolute atomic E-state index is 0.437. The minimum Gasteiger partial charge on any atom is -0.481 e. The monoisotopic (exact) mass is 354 g/mol. The molecule has 6 heteroatoms. The highest BCUT2D eigenvalue weighted by Gasteiger charge is 2.58. The highest BCUT2D eigenvalue weighted by molar-refractivity contribution is 5.80. The molecule has 0 aromatic heterocycles. The first-order chi connectivity index (χ1) is 11.5. The molecule has 0 bridgehead atoms. The van der Waals surface area contributed by atoms with Gasteiger partial charge < -0.3 is 15.5 Å². The maximum Gasteiger partial charge on any atom is 0.309 e. The van der Waals surface area contributed by atoms with Crippen LogP contribution in [0.3, 0.4) is 0 Å². The number of carbonyl (C=O) groups is 2. The van der Waals surface area contributed by atoms with E-state index in [-0.39, 0.29) is 0 Å². The van der Waals surface area contributed by atoms with Gasteiger partial charge in [-0.2, -0.15) is 0 Å². The summed E-state index contributed by atoms with van der Waals surface area (Å²) in [5, 5.41) is 21.5. The maximum absolute atomic E-state index is 11.1. The molecule has 0 unspecified atom stereocenters. The fraction of sp³-hybridized carbons (Fsp3) is 0.789. The zero-order valence-corrected chi connectivity index (χ0v) is 16.2. The lowest BCUT2D eigenvalue weighted by Gasteiger charge is -2.36. The third-order valence-corrected chi connectivity index (χ3v) is 6.25. The lowest BCUT2D eigenvalue weighted by Crippen LogP contribution is -2.54. The van der Waals surface area contributed by atoms with Crippen LogP contribution in [0, 0.1) is 16.7 Å². The fourth-order valence-corrected chi connectivity index (χ4v) is 3.83. The molecular weight excluding hydrogens is 320 g/mol. The zero-order valence-electron chi connectivity index (χ0n) is 16.2. The lowest BCUT2D eigenvalue weighted by molar-refractivity contribution is -0.157. The van der Waals surface area contributed by atoms with E-state index >= 15 is 0 Å². The summed E-state index contributed by atoms with van der Waals surface area (Å²) in [7, 11) is 0. The maximum atomic E-state index is 11.1. The molecule has 1 heterocycles. The molecule has 1 saturated heterocycles. The van der Waals surface area contributed by atoms with Crippen LogP contribution >= 0.6 is 0 Å². The van der Waals surface area contributed by atoms with Gasteiger partial charge in [0.05, 0.1) is 11.3 Å². The lowest BCUT2D eigenvalue weighted by atomic mass is 9.66. The fourth-order valence-electron chi connectivity index (χ4n) is 3.83. The first-order valence-electron chi connectivity index (χ1n) is 9.02. The number of hydrogen-bond acceptors (Lipinski definition) is 4. The van der Waals surface area contributed by atoms with E-state index in [0.29, 0.717) is 24.9 Å². The summed E-state index contributed by atoms with van der Waals surface area (Å²) in [6, 6.07) is 1.29. The number of nitrogens with one attached hydrogen (secondary N) is 1. The number of hydrogen-bond donors (Lipinski definition) is 3. The minimum atomic E-state index is -0.921. The number of carboxylic acids is 2. The largest absolute Gasteiger partial charge is 0.481 e. The van der Waals surface area contributed by atoms with E-state index in [9.17, 15) is 9.59 Å². The van der Waals surface area contributed by atoms with Crippen molar-refractivity contribution in [2.45, 2.75) is 59.5 Å². The Labute approximate surface area is 151 Å². The van der Waals surface area contributed by atoms with Crippen molar-refractivity contribution in [3.05, 3.63) is 12.7 Å². The molecule has 2 aliphatic rings. The van der Waals surface area contributed by atoms with E-state index in [1.165, 1.54) is 0 Å². The first kappa shape index (κ1) is 21.6. The van der Waals surface area contributed by atoms with Crippen molar-refractivity contribution >= 4 is 11.9 Å². The van der Waals surface area contributed by atoms with Crippen LogP contribution in [0.25, 0.3) is 0 Å². The number of aliphatic carboxylic acids is 2. The standard InChI is InChI=1S/C10H16O4.C9H18N2/c1-9(2)6(7(11)12)4-5-10(9,3)8(13)14;1-4-5-11-7-8(2)10-6-9(11)3/h6H,4-5H2,1-3H3,(H,11,12)(H,13,14);4,8-10H,1,5-7H2,2-3H3/t6-,10+;8-,9+/m11/s1. The Bertz CT molecular complexity index is 506. The average Bonchev–Trinajstić information content (AvgIpc) is 2.75. The first-order valence-corrected chi connectivity index (χ1v) is 9.02. The molecule has 4 atom stereocenters. The third kappa shape index (κ3) is 4.61. The predicted octanol–water partition coefficient (Wildman–Crippen LogP) is 2.45. The van der Waals surface area contributed by atoms with Gasteiger partial charge in [0, 0.05) is 31.7 Å². The van der Waals surface area contributed by atoms with Crippen molar-refractivity contribution < 1.29 is 19.8 Å². The van der Waals surface area contributed by atoms with Crippen molar-refractivity contribution in [2.75, 3.05) is 19.6 Å². The van der Waals surface area contributed by atoms with Gasteiger partial charge in [-0.25, -0.2) is 0 Å². The number of piperazine rings is 1. The van der Waals surface area contributed by atoms with Crippen LogP contribution in [0.15, 0.2) is 12.7 Å². The van der Waals surface area contributed by atoms with Crippen molar-refractivity contribution in [1.82, 2.24) is 10.2 Å². The van der Waals surface area contributed by atoms with Crippen molar-refractivity contribution in [3.63, 3.8) is 0 Å². The van der Waals surface area contributed by atoms with Gasteiger partial charge in [0.15, 0.2) is 0 Å². The Hall–Kier alpha value is -1.40. The van der Waals surface area contributed by atoms with E-state index < -0.39 is 28.7 Å². The molecule has 25 heavy (non-hydrogen) atoms. The summed E-state index contributed by atoms with van der Waals surface area (Å²) >= 11 is 0. The van der Waals surface area contributed by atoms with Crippen LogP contribution in [0.5, 0.6) is 0 Å². The highest BCUT2D eigenvalue weighted by Crippen LogP contribution is 2.56. The molecule has 2 fully saturated rings. The topological polar surface area (TPSA) is 89.9 Å². The van der Waals surface area contributed by atoms with Gasteiger partial charge in [0.2, 0.25) is 0 Å². The number of rotatable bonds is 4. The van der Waals surface area contributed by atoms with Gasteiger partial charge in [-0.1, -0.05) is 19.9 Å². The Morgan fingerprint density at radius 1 is 1.28 bits per heavy atom. The van der Waals surface area contributed by atoms with Crippen LogP contribution in [-0.2, 0) is 9.59 Å². The Morgan fingerprint density at radius 2 is 1.88 bits per heavy atom. The quantitative estimate of drug-likeness (QED) is 0.672. The van der Waals surface area contributed by atoms with Crippen molar-refractivity contribution in [3.8, 4) is 0 Å². The van der Waals surface area contributed by atoms with Crippen LogP contribution in [0.2, 0.25) is 0 Å². The molecule has 6 nitrogen and oxygen atoms in total. The van der Waals surface area contributed by atoms with E-state index in [0.717, 1.165) is 19.6 Å². The van der Waals surface area contributed by atoms with Crippen LogP contribution in [0.1, 0.15) is 47.5 Å². The summed E-state index contributed by atoms with van der Waals surface area (Å²) in [5.41, 5.74) is -1.61. The smallest absolute Gasteiger partial charge is 0.309 e. The van der Waals surface area contributed by atoms with Crippen LogP contribution < -0.4 is 5.32 Å². The van der Waals surface area contributed by atoms with Crippen LogP contribution in [-0.4, -0.2) is 58.8 Å². The third-order valence-electron chi connectivity index (χ3n) is 6.25. The summed E-state index contributed by atoms with van der Waals surface area (Å²) in [4.78, 5) is 24.5. The summed E-state index contributed by atoms with van der Waals surface area (Å²) in [6.07, 6.45) is 2.87. The van der Waals surface area contributed by atoms with Gasteiger partial charge in [-0.05, 0) is 39.0 Å². The van der Waals surface area contributed by atoms with Gasteiger partial charge in [-0.3, -0.25) is 14.5 Å². The molecule has 1 aliphatic heterocycles. The van der Waals surface area contributed by atoms with Gasteiger partial charge >= 0.3 is 11.9 Å². The number of nitrogens with zero attached hydrogens (tertiary/aromatic N) is 1. The van der Waals surface area contributed by atoms with E-state index in [1.807, 2.05) is 6.08 Å². The van der Waals surface area contributed by atoms with Crippen molar-refractivity contribution in [2.24, 2.45) is 16.7 Å². The molecule has 0 amide bonds. The molecule has 0 radical (unpaired) electrons. The average molecular weight is 354 g/mol. The molecule has 0 spiro atoms. The Balaban J connectivity index is 0.000000257. The SMILES string of the molecule is C=CCN1C[C@@H](C)NC[C@@H]1C.CC1(C)[C@@H](C(=O)O)CC[C@@]1(C)C(=O)O. The highest BCUT2D eigenvalue weighted by atomic mass is 16.4. The van der Waals surface area contributed by atoms with Crippen LogP contribution in [0.4, 0.5) is 0 Å². The van der Waals surface area contributed by atoms with Crippen molar-refractivity contribution in [1.29, 1.82) is 0 Å². The second-order valence-corrected chi connectivity index (χ2v) is 8.19. The van der Waals surface area contributed by atoms with E-state index in [1.54, 1.807) is 20.8 Å². The molecule has 3 N–H and O–H groups in total. The molecule has 0 aromatic rings. The number of carboxylic acid groups (broad SMARTS) is 2. The normalized spacial score (nSPS) is 34.7. The molecular formula is C19H34N2O4. The zero-order chi connectivity index (χ0) is 19.4. The second kappa shape index (κ2) is 8.32. The van der Waals surface area contributed by atoms with Gasteiger partial charge in [0.1, 0.15) is 0 Å². The van der Waals surface area contributed by atoms with Gasteiger partial charge in [0.25, 0.3) is 0 Å². The van der Waals surface area contributed by atoms with E-state index in [4.69, 9.17) is 10.2 Å². The Morgan fingerprint density at radius 3 is 2.28 bits per heavy atom. The van der Waals surface area contributed by atoms with Gasteiger partial charge in [-0.15, -0.1) is 6.58 Å². The Kier molecular flexibility index (Phi) is 7.20. The molecule has 144 valence electrons. The summed E-state index contributed by atoms with van der Waals surface area (Å²) < 4.78 is 0. The molecule has 0 aromatic carbocycles. The predicted molar refractivity (Wildman–Crippen MR) is 98.6 cm³/mol. The second-order valence-electron chi connectivity index (χ2n) is 8.19. The molecule has 1 aliphatic carbocycles.